The Morgan fingerprint density at radius 1 is 0.424 bits per heavy atom. The molecule has 0 heteroatoms. The second kappa shape index (κ2) is 6.56. The second-order valence-corrected chi connectivity index (χ2v) is 9.47. The van der Waals surface area contributed by atoms with Crippen LogP contribution < -0.4 is 0 Å². The average Bonchev–Trinajstić information content (AvgIpc) is 3.33. The van der Waals surface area contributed by atoms with Gasteiger partial charge in [0.25, 0.3) is 0 Å². The van der Waals surface area contributed by atoms with Gasteiger partial charge in [-0.25, -0.2) is 0 Å². The summed E-state index contributed by atoms with van der Waals surface area (Å²) in [7, 11) is 0. The quantitative estimate of drug-likeness (QED) is 0.250. The molecule has 0 aromatic heterocycles. The lowest BCUT2D eigenvalue weighted by atomic mass is 9.70. The Balaban J connectivity index is 1.59. The lowest BCUT2D eigenvalue weighted by Crippen LogP contribution is -2.25. The molecule has 0 fully saturated rings. The zero-order valence-corrected chi connectivity index (χ0v) is 18.9. The van der Waals surface area contributed by atoms with Gasteiger partial charge in [-0.3, -0.25) is 0 Å². The topological polar surface area (TPSA) is 0 Å². The molecule has 0 saturated heterocycles. The van der Waals surface area contributed by atoms with Gasteiger partial charge in [0, 0.05) is 0 Å². The van der Waals surface area contributed by atoms with E-state index in [9.17, 15) is 0 Å². The van der Waals surface area contributed by atoms with Crippen LogP contribution in [0.15, 0.2) is 109 Å². The second-order valence-electron chi connectivity index (χ2n) is 9.47. The molecule has 0 unspecified atom stereocenters. The molecule has 0 aliphatic heterocycles. The number of rotatable bonds is 1. The molecule has 0 saturated carbocycles. The Morgan fingerprint density at radius 2 is 0.939 bits per heavy atom. The minimum atomic E-state index is -0.251. The SMILES string of the molecule is Cc1ccc(C)c(-c2ccc3c(c2)-c2ccccc2C32c3ccccc3-c3ccccc32)c1. The zero-order chi connectivity index (χ0) is 22.2. The fraction of sp³-hybridized carbons (Fsp3) is 0.0909. The van der Waals surface area contributed by atoms with E-state index in [1.165, 1.54) is 66.8 Å². The molecule has 2 aliphatic rings. The van der Waals surface area contributed by atoms with Gasteiger partial charge >= 0.3 is 0 Å². The van der Waals surface area contributed by atoms with Crippen LogP contribution in [0.4, 0.5) is 0 Å². The van der Waals surface area contributed by atoms with Crippen molar-refractivity contribution in [2.24, 2.45) is 0 Å². The largest absolute Gasteiger partial charge is 0.0725 e. The molecule has 5 aromatic carbocycles. The maximum atomic E-state index is 2.42. The van der Waals surface area contributed by atoms with Crippen molar-refractivity contribution in [2.45, 2.75) is 19.3 Å². The van der Waals surface area contributed by atoms with Gasteiger partial charge in [0.1, 0.15) is 0 Å². The van der Waals surface area contributed by atoms with Crippen LogP contribution in [0, 0.1) is 13.8 Å². The van der Waals surface area contributed by atoms with Crippen LogP contribution in [0.1, 0.15) is 33.4 Å². The van der Waals surface area contributed by atoms with E-state index in [1.54, 1.807) is 0 Å². The lowest BCUT2D eigenvalue weighted by Gasteiger charge is -2.30. The highest BCUT2D eigenvalue weighted by Gasteiger charge is 2.51. The maximum Gasteiger partial charge on any atom is 0.0725 e. The van der Waals surface area contributed by atoms with Gasteiger partial charge in [0.2, 0.25) is 0 Å². The number of fused-ring (bicyclic) bond motifs is 10. The van der Waals surface area contributed by atoms with Gasteiger partial charge in [0.15, 0.2) is 0 Å². The summed E-state index contributed by atoms with van der Waals surface area (Å²) in [6.07, 6.45) is 0. The van der Waals surface area contributed by atoms with E-state index < -0.39 is 0 Å². The number of hydrogen-bond donors (Lipinski definition) is 0. The minimum absolute atomic E-state index is 0.251. The van der Waals surface area contributed by atoms with Crippen molar-refractivity contribution in [2.75, 3.05) is 0 Å². The van der Waals surface area contributed by atoms with Crippen LogP contribution in [0.5, 0.6) is 0 Å². The minimum Gasteiger partial charge on any atom is -0.0619 e. The van der Waals surface area contributed by atoms with E-state index in [2.05, 4.69) is 123 Å². The predicted octanol–water partition coefficient (Wildman–Crippen LogP) is 8.31. The Kier molecular flexibility index (Phi) is 3.71. The summed E-state index contributed by atoms with van der Waals surface area (Å²) in [6, 6.07) is 40.9. The van der Waals surface area contributed by atoms with Crippen molar-refractivity contribution in [3.05, 3.63) is 143 Å². The highest BCUT2D eigenvalue weighted by molar-refractivity contribution is 5.96. The third-order valence-corrected chi connectivity index (χ3v) is 7.70. The Bertz CT molecular complexity index is 1540. The van der Waals surface area contributed by atoms with Crippen molar-refractivity contribution < 1.29 is 0 Å². The molecule has 0 N–H and O–H groups in total. The molecule has 156 valence electrons. The first-order chi connectivity index (χ1) is 16.2. The van der Waals surface area contributed by atoms with E-state index in [1.807, 2.05) is 0 Å². The Hall–Kier alpha value is -3.90. The van der Waals surface area contributed by atoms with Gasteiger partial charge in [-0.1, -0.05) is 109 Å². The van der Waals surface area contributed by atoms with Crippen molar-refractivity contribution >= 4 is 0 Å². The van der Waals surface area contributed by atoms with Crippen molar-refractivity contribution in [3.8, 4) is 33.4 Å². The molecule has 2 aliphatic carbocycles. The van der Waals surface area contributed by atoms with Gasteiger partial charge in [-0.15, -0.1) is 0 Å². The Morgan fingerprint density at radius 3 is 1.55 bits per heavy atom. The fourth-order valence-electron chi connectivity index (χ4n) is 6.31. The van der Waals surface area contributed by atoms with Gasteiger partial charge in [-0.05, 0) is 81.1 Å². The van der Waals surface area contributed by atoms with Gasteiger partial charge in [0.05, 0.1) is 5.41 Å². The van der Waals surface area contributed by atoms with Crippen molar-refractivity contribution in [3.63, 3.8) is 0 Å². The number of aryl methyl sites for hydroxylation is 2. The monoisotopic (exact) mass is 420 g/mol. The van der Waals surface area contributed by atoms with Crippen molar-refractivity contribution in [1.29, 1.82) is 0 Å². The van der Waals surface area contributed by atoms with Crippen LogP contribution in [0.2, 0.25) is 0 Å². The van der Waals surface area contributed by atoms with E-state index in [4.69, 9.17) is 0 Å². The number of hydrogen-bond acceptors (Lipinski definition) is 0. The van der Waals surface area contributed by atoms with Gasteiger partial charge < -0.3 is 0 Å². The molecule has 0 atom stereocenters. The maximum absolute atomic E-state index is 2.42. The molecule has 33 heavy (non-hydrogen) atoms. The first-order valence-electron chi connectivity index (χ1n) is 11.7. The number of benzene rings is 5. The van der Waals surface area contributed by atoms with Crippen LogP contribution in [0.3, 0.4) is 0 Å². The molecule has 1 spiro atoms. The average molecular weight is 421 g/mol. The molecule has 0 amide bonds. The van der Waals surface area contributed by atoms with E-state index in [0.29, 0.717) is 0 Å². The molecule has 5 aromatic rings. The summed E-state index contributed by atoms with van der Waals surface area (Å²) in [5, 5.41) is 0. The summed E-state index contributed by atoms with van der Waals surface area (Å²) in [5.41, 5.74) is 16.0. The first-order valence-corrected chi connectivity index (χ1v) is 11.7. The van der Waals surface area contributed by atoms with E-state index in [-0.39, 0.29) is 5.41 Å². The standard InChI is InChI=1S/C33H24/c1-21-15-16-22(2)27(19-21)23-17-18-32-28(20-23)26-11-5-8-14-31(26)33(32)29-12-6-3-9-24(29)25-10-4-7-13-30(25)33/h3-20H,1-2H3. The van der Waals surface area contributed by atoms with Crippen LogP contribution in [0.25, 0.3) is 33.4 Å². The third-order valence-electron chi connectivity index (χ3n) is 7.70. The van der Waals surface area contributed by atoms with Crippen LogP contribution >= 0.6 is 0 Å². The van der Waals surface area contributed by atoms with E-state index >= 15 is 0 Å². The zero-order valence-electron chi connectivity index (χ0n) is 18.9. The molecule has 0 heterocycles. The predicted molar refractivity (Wildman–Crippen MR) is 138 cm³/mol. The normalized spacial score (nSPS) is 14.0. The van der Waals surface area contributed by atoms with E-state index in [0.717, 1.165) is 0 Å². The summed E-state index contributed by atoms with van der Waals surface area (Å²) in [5.74, 6) is 0. The smallest absolute Gasteiger partial charge is 0.0619 e. The third kappa shape index (κ3) is 2.31. The summed E-state index contributed by atoms with van der Waals surface area (Å²) in [6.45, 7) is 4.38. The van der Waals surface area contributed by atoms with Crippen molar-refractivity contribution in [1.82, 2.24) is 0 Å². The van der Waals surface area contributed by atoms with Crippen LogP contribution in [-0.4, -0.2) is 0 Å². The van der Waals surface area contributed by atoms with Crippen LogP contribution in [-0.2, 0) is 5.41 Å². The Labute approximate surface area is 195 Å². The molecule has 7 rings (SSSR count). The molecule has 0 nitrogen and oxygen atoms in total. The fourth-order valence-corrected chi connectivity index (χ4v) is 6.31. The molecular formula is C33H24. The summed E-state index contributed by atoms with van der Waals surface area (Å²) >= 11 is 0. The summed E-state index contributed by atoms with van der Waals surface area (Å²) < 4.78 is 0. The molecule has 0 bridgehead atoms. The highest BCUT2D eigenvalue weighted by Crippen LogP contribution is 2.62. The first kappa shape index (κ1) is 18.7. The van der Waals surface area contributed by atoms with Gasteiger partial charge in [-0.2, -0.15) is 0 Å². The molecule has 0 radical (unpaired) electrons. The highest BCUT2D eigenvalue weighted by atomic mass is 14.5. The molecular weight excluding hydrogens is 396 g/mol. The summed E-state index contributed by atoms with van der Waals surface area (Å²) in [4.78, 5) is 0. The lowest BCUT2D eigenvalue weighted by molar-refractivity contribution is 0.794.